The average Bonchev–Trinajstić information content (AvgIpc) is 2.89. The van der Waals surface area contributed by atoms with Crippen LogP contribution in [0.3, 0.4) is 0 Å². The third-order valence-corrected chi connectivity index (χ3v) is 2.92. The lowest BCUT2D eigenvalue weighted by Gasteiger charge is -2.25. The predicted molar refractivity (Wildman–Crippen MR) is 78.1 cm³/mol. The molecule has 0 amide bonds. The third-order valence-electron chi connectivity index (χ3n) is 2.92. The molecular formula is C13H20N6O. The quantitative estimate of drug-likeness (QED) is 0.359. The minimum Gasteiger partial charge on any atom is -0.409 e. The van der Waals surface area contributed by atoms with E-state index in [2.05, 4.69) is 34.0 Å². The van der Waals surface area contributed by atoms with E-state index in [1.165, 1.54) is 0 Å². The molecule has 20 heavy (non-hydrogen) atoms. The molecule has 7 nitrogen and oxygen atoms in total. The van der Waals surface area contributed by atoms with Crippen molar-refractivity contribution in [3.05, 3.63) is 24.5 Å². The summed E-state index contributed by atoms with van der Waals surface area (Å²) in [7, 11) is 0. The Hall–Kier alpha value is -2.31. The molecule has 0 aromatic carbocycles. The molecule has 0 aliphatic rings. The van der Waals surface area contributed by atoms with E-state index < -0.39 is 0 Å². The second kappa shape index (κ2) is 6.23. The fraction of sp³-hybridized carbons (Fsp3) is 0.462. The van der Waals surface area contributed by atoms with Crippen LogP contribution in [0.4, 0.5) is 5.82 Å². The summed E-state index contributed by atoms with van der Waals surface area (Å²) in [6, 6.07) is 3.79. The third kappa shape index (κ3) is 3.37. The van der Waals surface area contributed by atoms with Gasteiger partial charge in [-0.3, -0.25) is 0 Å². The van der Waals surface area contributed by atoms with Crippen molar-refractivity contribution in [1.82, 2.24) is 14.6 Å². The summed E-state index contributed by atoms with van der Waals surface area (Å²) < 4.78 is 1.72. The molecule has 7 heteroatoms. The topological polar surface area (TPSA) is 92.0 Å². The number of nitrogens with two attached hydrogens (primary N) is 1. The van der Waals surface area contributed by atoms with Gasteiger partial charge in [0, 0.05) is 31.8 Å². The van der Waals surface area contributed by atoms with Crippen molar-refractivity contribution in [2.24, 2.45) is 16.8 Å². The Balaban J connectivity index is 2.19. The van der Waals surface area contributed by atoms with Crippen LogP contribution in [0.5, 0.6) is 0 Å². The molecule has 2 aromatic heterocycles. The average molecular weight is 276 g/mol. The van der Waals surface area contributed by atoms with Gasteiger partial charge in [0.15, 0.2) is 5.65 Å². The Kier molecular flexibility index (Phi) is 4.39. The first-order valence-electron chi connectivity index (χ1n) is 6.62. The van der Waals surface area contributed by atoms with Crippen molar-refractivity contribution in [3.63, 3.8) is 0 Å². The van der Waals surface area contributed by atoms with Crippen LogP contribution in [0.25, 0.3) is 5.65 Å². The van der Waals surface area contributed by atoms with Crippen molar-refractivity contribution in [3.8, 4) is 0 Å². The second-order valence-electron chi connectivity index (χ2n) is 5.10. The maximum Gasteiger partial charge on any atom is 0.157 e. The van der Waals surface area contributed by atoms with E-state index in [1.807, 2.05) is 18.3 Å². The van der Waals surface area contributed by atoms with Gasteiger partial charge in [0.1, 0.15) is 11.7 Å². The Bertz CT molecular complexity index is 591. The number of amidine groups is 1. The van der Waals surface area contributed by atoms with Crippen LogP contribution in [-0.4, -0.2) is 38.7 Å². The Morgan fingerprint density at radius 1 is 1.50 bits per heavy atom. The van der Waals surface area contributed by atoms with Gasteiger partial charge in [0.05, 0.1) is 6.20 Å². The van der Waals surface area contributed by atoms with Gasteiger partial charge in [-0.2, -0.15) is 5.10 Å². The Morgan fingerprint density at radius 3 is 3.00 bits per heavy atom. The number of oxime groups is 1. The molecule has 0 spiro atoms. The number of anilines is 1. The molecule has 0 saturated carbocycles. The monoisotopic (exact) mass is 276 g/mol. The van der Waals surface area contributed by atoms with E-state index in [1.54, 1.807) is 10.7 Å². The summed E-state index contributed by atoms with van der Waals surface area (Å²) in [4.78, 5) is 6.71. The highest BCUT2D eigenvalue weighted by atomic mass is 16.4. The van der Waals surface area contributed by atoms with Crippen LogP contribution in [0.1, 0.15) is 20.3 Å². The minimum absolute atomic E-state index is 0.226. The number of hydrogen-bond donors (Lipinski definition) is 2. The van der Waals surface area contributed by atoms with Gasteiger partial charge in [0.2, 0.25) is 0 Å². The molecule has 0 saturated heterocycles. The van der Waals surface area contributed by atoms with Crippen LogP contribution in [-0.2, 0) is 0 Å². The van der Waals surface area contributed by atoms with Gasteiger partial charge >= 0.3 is 0 Å². The van der Waals surface area contributed by atoms with E-state index in [-0.39, 0.29) is 5.84 Å². The molecule has 0 bridgehead atoms. The lowest BCUT2D eigenvalue weighted by atomic mass is 10.2. The molecule has 0 aliphatic heterocycles. The van der Waals surface area contributed by atoms with E-state index in [0.29, 0.717) is 18.9 Å². The van der Waals surface area contributed by atoms with Gasteiger partial charge in [-0.25, -0.2) is 9.50 Å². The first kappa shape index (κ1) is 14.1. The largest absolute Gasteiger partial charge is 0.409 e. The van der Waals surface area contributed by atoms with Gasteiger partial charge in [-0.05, 0) is 12.0 Å². The zero-order chi connectivity index (χ0) is 14.5. The molecule has 2 aromatic rings. The van der Waals surface area contributed by atoms with Crippen molar-refractivity contribution >= 4 is 17.3 Å². The number of aromatic nitrogens is 3. The predicted octanol–water partition coefficient (Wildman–Crippen LogP) is 1.33. The number of hydrogen-bond acceptors (Lipinski definition) is 5. The van der Waals surface area contributed by atoms with Gasteiger partial charge in [-0.1, -0.05) is 19.0 Å². The highest BCUT2D eigenvalue weighted by molar-refractivity contribution is 5.80. The first-order valence-corrected chi connectivity index (χ1v) is 6.62. The molecule has 2 rings (SSSR count). The molecule has 0 fully saturated rings. The van der Waals surface area contributed by atoms with Gasteiger partial charge < -0.3 is 15.8 Å². The molecular weight excluding hydrogens is 256 g/mol. The normalized spacial score (nSPS) is 12.2. The smallest absolute Gasteiger partial charge is 0.157 e. The molecule has 0 atom stereocenters. The molecule has 0 radical (unpaired) electrons. The van der Waals surface area contributed by atoms with E-state index in [4.69, 9.17) is 10.9 Å². The molecule has 108 valence electrons. The van der Waals surface area contributed by atoms with Crippen molar-refractivity contribution < 1.29 is 5.21 Å². The maximum absolute atomic E-state index is 8.63. The fourth-order valence-electron chi connectivity index (χ4n) is 2.02. The minimum atomic E-state index is 0.226. The van der Waals surface area contributed by atoms with Crippen molar-refractivity contribution in [2.75, 3.05) is 18.0 Å². The summed E-state index contributed by atoms with van der Waals surface area (Å²) in [5.74, 6) is 1.59. The summed E-state index contributed by atoms with van der Waals surface area (Å²) in [5, 5.41) is 15.8. The number of fused-ring (bicyclic) bond motifs is 1. The fourth-order valence-corrected chi connectivity index (χ4v) is 2.02. The van der Waals surface area contributed by atoms with Crippen LogP contribution in [0.2, 0.25) is 0 Å². The SMILES string of the molecule is CC(C)CN(CC/C(N)=N/O)c1ccn2nccc2n1. The molecule has 0 aliphatic carbocycles. The zero-order valence-electron chi connectivity index (χ0n) is 11.8. The lowest BCUT2D eigenvalue weighted by molar-refractivity contribution is 0.317. The summed E-state index contributed by atoms with van der Waals surface area (Å²) in [6.07, 6.45) is 4.10. The van der Waals surface area contributed by atoms with Crippen LogP contribution >= 0.6 is 0 Å². The molecule has 3 N–H and O–H groups in total. The van der Waals surface area contributed by atoms with Gasteiger partial charge in [0.25, 0.3) is 0 Å². The number of nitrogens with zero attached hydrogens (tertiary/aromatic N) is 5. The highest BCUT2D eigenvalue weighted by Crippen LogP contribution is 2.14. The summed E-state index contributed by atoms with van der Waals surface area (Å²) >= 11 is 0. The van der Waals surface area contributed by atoms with E-state index in [0.717, 1.165) is 18.0 Å². The van der Waals surface area contributed by atoms with E-state index in [9.17, 15) is 0 Å². The highest BCUT2D eigenvalue weighted by Gasteiger charge is 2.11. The van der Waals surface area contributed by atoms with Crippen molar-refractivity contribution in [1.29, 1.82) is 0 Å². The summed E-state index contributed by atoms with van der Waals surface area (Å²) in [6.45, 7) is 5.81. The van der Waals surface area contributed by atoms with Crippen molar-refractivity contribution in [2.45, 2.75) is 20.3 Å². The Labute approximate surface area is 117 Å². The second-order valence-corrected chi connectivity index (χ2v) is 5.10. The molecule has 2 heterocycles. The standard InChI is InChI=1S/C13H20N6O/c1-10(2)9-18(7-4-11(14)17-20)12-5-8-19-13(16-12)3-6-15-19/h3,5-6,8,10,20H,4,7,9H2,1-2H3,(H2,14,17). The first-order chi connectivity index (χ1) is 9.60. The lowest BCUT2D eigenvalue weighted by Crippen LogP contribution is -2.32. The van der Waals surface area contributed by atoms with Gasteiger partial charge in [-0.15, -0.1) is 0 Å². The molecule has 0 unspecified atom stereocenters. The maximum atomic E-state index is 8.63. The summed E-state index contributed by atoms with van der Waals surface area (Å²) in [5.41, 5.74) is 6.35. The zero-order valence-corrected chi connectivity index (χ0v) is 11.8. The van der Waals surface area contributed by atoms with Crippen LogP contribution in [0, 0.1) is 5.92 Å². The van der Waals surface area contributed by atoms with E-state index >= 15 is 0 Å². The van der Waals surface area contributed by atoms with Crippen LogP contribution < -0.4 is 10.6 Å². The Morgan fingerprint density at radius 2 is 2.30 bits per heavy atom. The number of rotatable bonds is 6. The van der Waals surface area contributed by atoms with Crippen LogP contribution in [0.15, 0.2) is 29.7 Å².